The van der Waals surface area contributed by atoms with Crippen molar-refractivity contribution in [2.24, 2.45) is 0 Å². The Kier molecular flexibility index (Phi) is 4.02. The number of carbonyl (C=O) groups excluding carboxylic acids is 1. The number of hydrogen-bond donors (Lipinski definition) is 1. The van der Waals surface area contributed by atoms with E-state index in [1.165, 1.54) is 12.1 Å². The molecule has 1 heterocycles. The number of hydrogen-bond acceptors (Lipinski definition) is 2. The predicted octanol–water partition coefficient (Wildman–Crippen LogP) is 4.21. The first-order chi connectivity index (χ1) is 10.6. The van der Waals surface area contributed by atoms with Crippen LogP contribution in [-0.2, 0) is 11.2 Å². The number of rotatable bonds is 3. The molecule has 1 aromatic heterocycles. The Balaban J connectivity index is 1.78. The van der Waals surface area contributed by atoms with Gasteiger partial charge in [0.15, 0.2) is 0 Å². The van der Waals surface area contributed by atoms with Crippen LogP contribution >= 0.6 is 11.6 Å². The zero-order valence-electron chi connectivity index (χ0n) is 11.5. The van der Waals surface area contributed by atoms with E-state index in [1.54, 1.807) is 12.3 Å². The Morgan fingerprint density at radius 3 is 2.82 bits per heavy atom. The van der Waals surface area contributed by atoms with Crippen LogP contribution in [0, 0.1) is 5.82 Å². The van der Waals surface area contributed by atoms with Crippen LogP contribution in [0.5, 0.6) is 0 Å². The van der Waals surface area contributed by atoms with E-state index in [9.17, 15) is 9.18 Å². The average molecular weight is 315 g/mol. The molecule has 0 aliphatic heterocycles. The van der Waals surface area contributed by atoms with E-state index in [0.29, 0.717) is 5.69 Å². The number of nitrogens with zero attached hydrogens (tertiary/aromatic N) is 1. The SMILES string of the molecule is O=C(Cc1c(F)cccc1Cl)Nc1cnc2ccccc2c1. The molecule has 0 bridgehead atoms. The van der Waals surface area contributed by atoms with Crippen LogP contribution in [0.25, 0.3) is 10.9 Å². The zero-order valence-corrected chi connectivity index (χ0v) is 12.3. The van der Waals surface area contributed by atoms with Gasteiger partial charge in [0.1, 0.15) is 5.82 Å². The molecule has 1 amide bonds. The van der Waals surface area contributed by atoms with Crippen LogP contribution in [0.4, 0.5) is 10.1 Å². The van der Waals surface area contributed by atoms with Crippen molar-refractivity contribution in [2.45, 2.75) is 6.42 Å². The van der Waals surface area contributed by atoms with Crippen molar-refractivity contribution in [3.63, 3.8) is 0 Å². The highest BCUT2D eigenvalue weighted by atomic mass is 35.5. The Morgan fingerprint density at radius 2 is 2.00 bits per heavy atom. The van der Waals surface area contributed by atoms with Gasteiger partial charge >= 0.3 is 0 Å². The molecule has 3 aromatic rings. The molecule has 2 aromatic carbocycles. The van der Waals surface area contributed by atoms with E-state index in [-0.39, 0.29) is 22.9 Å². The second-order valence-electron chi connectivity index (χ2n) is 4.84. The summed E-state index contributed by atoms with van der Waals surface area (Å²) in [7, 11) is 0. The number of carbonyl (C=O) groups is 1. The highest BCUT2D eigenvalue weighted by Crippen LogP contribution is 2.21. The summed E-state index contributed by atoms with van der Waals surface area (Å²) in [6.07, 6.45) is 1.45. The Morgan fingerprint density at radius 1 is 1.18 bits per heavy atom. The van der Waals surface area contributed by atoms with Gasteiger partial charge in [-0.3, -0.25) is 9.78 Å². The molecule has 0 unspecified atom stereocenters. The molecule has 0 radical (unpaired) electrons. The third-order valence-electron chi connectivity index (χ3n) is 3.27. The fraction of sp³-hybridized carbons (Fsp3) is 0.0588. The van der Waals surface area contributed by atoms with Gasteiger partial charge in [0.05, 0.1) is 23.8 Å². The number of pyridine rings is 1. The molecular weight excluding hydrogens is 303 g/mol. The number of fused-ring (bicyclic) bond motifs is 1. The summed E-state index contributed by atoms with van der Waals surface area (Å²) in [5.41, 5.74) is 1.60. The maximum absolute atomic E-state index is 13.7. The number of halogens is 2. The molecule has 110 valence electrons. The summed E-state index contributed by atoms with van der Waals surface area (Å²) in [6.45, 7) is 0. The fourth-order valence-electron chi connectivity index (χ4n) is 2.21. The molecule has 0 aliphatic rings. The lowest BCUT2D eigenvalue weighted by atomic mass is 10.1. The topological polar surface area (TPSA) is 42.0 Å². The maximum atomic E-state index is 13.7. The lowest BCUT2D eigenvalue weighted by Gasteiger charge is -2.08. The van der Waals surface area contributed by atoms with Crippen LogP contribution in [-0.4, -0.2) is 10.9 Å². The van der Waals surface area contributed by atoms with Gasteiger partial charge in [0.2, 0.25) is 5.91 Å². The molecule has 3 nitrogen and oxygen atoms in total. The minimum absolute atomic E-state index is 0.127. The highest BCUT2D eigenvalue weighted by Gasteiger charge is 2.12. The Labute approximate surface area is 131 Å². The number of nitrogens with one attached hydrogen (secondary N) is 1. The Hall–Kier alpha value is -2.46. The first-order valence-corrected chi connectivity index (χ1v) is 7.09. The van der Waals surface area contributed by atoms with Gasteiger partial charge in [-0.1, -0.05) is 35.9 Å². The van der Waals surface area contributed by atoms with Crippen molar-refractivity contribution in [1.29, 1.82) is 0 Å². The fourth-order valence-corrected chi connectivity index (χ4v) is 2.44. The zero-order chi connectivity index (χ0) is 15.5. The van der Waals surface area contributed by atoms with Crippen LogP contribution in [0.3, 0.4) is 0 Å². The third-order valence-corrected chi connectivity index (χ3v) is 3.63. The van der Waals surface area contributed by atoms with Gasteiger partial charge in [-0.05, 0) is 24.3 Å². The van der Waals surface area contributed by atoms with Crippen LogP contribution in [0.2, 0.25) is 5.02 Å². The monoisotopic (exact) mass is 314 g/mol. The molecule has 0 saturated heterocycles. The van der Waals surface area contributed by atoms with E-state index in [0.717, 1.165) is 10.9 Å². The normalized spacial score (nSPS) is 10.6. The van der Waals surface area contributed by atoms with Crippen molar-refractivity contribution in [1.82, 2.24) is 4.98 Å². The summed E-state index contributed by atoms with van der Waals surface area (Å²) in [5, 5.41) is 3.87. The van der Waals surface area contributed by atoms with Crippen molar-refractivity contribution < 1.29 is 9.18 Å². The summed E-state index contributed by atoms with van der Waals surface area (Å²) < 4.78 is 13.7. The van der Waals surface area contributed by atoms with Crippen LogP contribution < -0.4 is 5.32 Å². The number of amides is 1. The first kappa shape index (κ1) is 14.5. The van der Waals surface area contributed by atoms with Gasteiger partial charge in [-0.25, -0.2) is 4.39 Å². The maximum Gasteiger partial charge on any atom is 0.229 e. The number of aromatic nitrogens is 1. The van der Waals surface area contributed by atoms with E-state index in [1.807, 2.05) is 30.3 Å². The van der Waals surface area contributed by atoms with Crippen LogP contribution in [0.15, 0.2) is 54.7 Å². The molecule has 3 rings (SSSR count). The van der Waals surface area contributed by atoms with Crippen molar-refractivity contribution in [2.75, 3.05) is 5.32 Å². The molecule has 22 heavy (non-hydrogen) atoms. The second-order valence-corrected chi connectivity index (χ2v) is 5.25. The molecule has 0 atom stereocenters. The predicted molar refractivity (Wildman–Crippen MR) is 85.5 cm³/mol. The summed E-state index contributed by atoms with van der Waals surface area (Å²) in [4.78, 5) is 16.3. The summed E-state index contributed by atoms with van der Waals surface area (Å²) in [5.74, 6) is -0.830. The number of para-hydroxylation sites is 1. The Bertz CT molecular complexity index is 831. The molecule has 0 aliphatic carbocycles. The third kappa shape index (κ3) is 3.07. The summed E-state index contributed by atoms with van der Waals surface area (Å²) >= 11 is 5.92. The van der Waals surface area contributed by atoms with Gasteiger partial charge in [0, 0.05) is 16.0 Å². The molecule has 0 saturated carbocycles. The quantitative estimate of drug-likeness (QED) is 0.787. The minimum atomic E-state index is -0.487. The van der Waals surface area contributed by atoms with Gasteiger partial charge in [-0.2, -0.15) is 0 Å². The van der Waals surface area contributed by atoms with E-state index in [2.05, 4.69) is 10.3 Å². The van der Waals surface area contributed by atoms with Gasteiger partial charge < -0.3 is 5.32 Å². The van der Waals surface area contributed by atoms with Gasteiger partial charge in [0.25, 0.3) is 0 Å². The average Bonchev–Trinajstić information content (AvgIpc) is 2.51. The summed E-state index contributed by atoms with van der Waals surface area (Å²) in [6, 6.07) is 13.8. The van der Waals surface area contributed by atoms with Crippen molar-refractivity contribution >= 4 is 34.1 Å². The molecule has 1 N–H and O–H groups in total. The van der Waals surface area contributed by atoms with E-state index in [4.69, 9.17) is 11.6 Å². The van der Waals surface area contributed by atoms with Crippen LogP contribution in [0.1, 0.15) is 5.56 Å². The first-order valence-electron chi connectivity index (χ1n) is 6.71. The standard InChI is InChI=1S/C17H12ClFN2O/c18-14-5-3-6-15(19)13(14)9-17(22)21-12-8-11-4-1-2-7-16(11)20-10-12/h1-8,10H,9H2,(H,21,22). The van der Waals surface area contributed by atoms with Crippen molar-refractivity contribution in [3.05, 3.63) is 71.1 Å². The molecular formula is C17H12ClFN2O. The lowest BCUT2D eigenvalue weighted by Crippen LogP contribution is -2.15. The van der Waals surface area contributed by atoms with Gasteiger partial charge in [-0.15, -0.1) is 0 Å². The molecule has 5 heteroatoms. The molecule has 0 fully saturated rings. The van der Waals surface area contributed by atoms with Crippen molar-refractivity contribution in [3.8, 4) is 0 Å². The number of benzene rings is 2. The number of anilines is 1. The second kappa shape index (κ2) is 6.12. The largest absolute Gasteiger partial charge is 0.324 e. The minimum Gasteiger partial charge on any atom is -0.324 e. The molecule has 0 spiro atoms. The van der Waals surface area contributed by atoms with E-state index < -0.39 is 5.82 Å². The van der Waals surface area contributed by atoms with E-state index >= 15 is 0 Å². The lowest BCUT2D eigenvalue weighted by molar-refractivity contribution is -0.115. The highest BCUT2D eigenvalue weighted by molar-refractivity contribution is 6.31. The smallest absolute Gasteiger partial charge is 0.229 e.